The summed E-state index contributed by atoms with van der Waals surface area (Å²) in [6.07, 6.45) is 3.24. The second-order valence-corrected chi connectivity index (χ2v) is 16.3. The van der Waals surface area contributed by atoms with Gasteiger partial charge in [0.1, 0.15) is 11.4 Å². The van der Waals surface area contributed by atoms with Gasteiger partial charge >= 0.3 is 5.97 Å². The monoisotopic (exact) mass is 516 g/mol. The number of benzene rings is 1. The second-order valence-electron chi connectivity index (χ2n) is 11.5. The van der Waals surface area contributed by atoms with Crippen LogP contribution in [0.2, 0.25) is 18.1 Å². The summed E-state index contributed by atoms with van der Waals surface area (Å²) < 4.78 is 26.7. The highest BCUT2D eigenvalue weighted by atomic mass is 28.4. The van der Waals surface area contributed by atoms with Crippen LogP contribution >= 0.6 is 0 Å². The zero-order valence-electron chi connectivity index (χ0n) is 22.5. The van der Waals surface area contributed by atoms with Gasteiger partial charge in [-0.05, 0) is 38.9 Å². The summed E-state index contributed by atoms with van der Waals surface area (Å²) in [4.78, 5) is 27.5. The minimum Gasteiger partial charge on any atom is -0.457 e. The lowest BCUT2D eigenvalue weighted by Gasteiger charge is -2.36. The maximum absolute atomic E-state index is 15.3. The average molecular weight is 517 g/mol. The molecule has 36 heavy (non-hydrogen) atoms. The molecule has 8 nitrogen and oxygen atoms in total. The summed E-state index contributed by atoms with van der Waals surface area (Å²) in [5.41, 5.74) is 1.77. The zero-order chi connectivity index (χ0) is 26.7. The number of ether oxygens (including phenoxy) is 1. The molecule has 0 atom stereocenters. The van der Waals surface area contributed by atoms with Crippen LogP contribution < -0.4 is 4.90 Å². The standard InChI is InChI=1S/C26H37FN4O4Si/c1-25(2,3)35-22(32)17-33-30-20-14-31(15-20)24-28-12-19(13-29-24)21-11-9-10-18(23(21)27)16-34-36(7,8)26(4,5)6/h9-13H,14-17H2,1-8H3. The number of hydrogen-bond donors (Lipinski definition) is 0. The number of nitrogens with zero attached hydrogens (tertiary/aromatic N) is 4. The number of hydrogen-bond acceptors (Lipinski definition) is 8. The highest BCUT2D eigenvalue weighted by Gasteiger charge is 2.37. The average Bonchev–Trinajstić information content (AvgIpc) is 2.73. The van der Waals surface area contributed by atoms with E-state index in [1.807, 2.05) is 11.0 Å². The Morgan fingerprint density at radius 3 is 2.33 bits per heavy atom. The van der Waals surface area contributed by atoms with Gasteiger partial charge in [0.2, 0.25) is 12.6 Å². The zero-order valence-corrected chi connectivity index (χ0v) is 23.5. The lowest BCUT2D eigenvalue weighted by molar-refractivity contribution is -0.160. The van der Waals surface area contributed by atoms with Gasteiger partial charge in [0.05, 0.1) is 25.4 Å². The SMILES string of the molecule is CC(C)(C)OC(=O)CON=C1CN(c2ncc(-c3cccc(CO[Si](C)(C)C(C)(C)C)c3F)cn2)C1. The third-order valence-electron chi connectivity index (χ3n) is 6.25. The van der Waals surface area contributed by atoms with E-state index in [1.54, 1.807) is 45.3 Å². The Bertz CT molecular complexity index is 1100. The first kappa shape index (κ1) is 27.7. The highest BCUT2D eigenvalue weighted by Crippen LogP contribution is 2.37. The van der Waals surface area contributed by atoms with Crippen LogP contribution in [-0.2, 0) is 25.4 Å². The fraction of sp³-hybridized carbons (Fsp3) is 0.538. The Balaban J connectivity index is 1.57. The minimum absolute atomic E-state index is 0.0520. The van der Waals surface area contributed by atoms with Gasteiger partial charge in [-0.15, -0.1) is 0 Å². The van der Waals surface area contributed by atoms with Crippen molar-refractivity contribution >= 4 is 25.9 Å². The molecular weight excluding hydrogens is 479 g/mol. The number of anilines is 1. The van der Waals surface area contributed by atoms with Gasteiger partial charge in [-0.2, -0.15) is 0 Å². The second kappa shape index (κ2) is 10.6. The molecule has 0 amide bonds. The normalized spacial score (nSPS) is 14.4. The van der Waals surface area contributed by atoms with Crippen molar-refractivity contribution in [3.05, 3.63) is 42.0 Å². The predicted octanol–water partition coefficient (Wildman–Crippen LogP) is 5.34. The van der Waals surface area contributed by atoms with Crippen molar-refractivity contribution in [3.8, 4) is 11.1 Å². The smallest absolute Gasteiger partial charge is 0.347 e. The molecule has 3 rings (SSSR count). The summed E-state index contributed by atoms with van der Waals surface area (Å²) in [6, 6.07) is 5.30. The van der Waals surface area contributed by atoms with Crippen molar-refractivity contribution in [3.63, 3.8) is 0 Å². The Labute approximate surface area is 214 Å². The third kappa shape index (κ3) is 7.10. The number of carbonyl (C=O) groups excluding carboxylic acids is 1. The lowest BCUT2D eigenvalue weighted by Crippen LogP contribution is -2.48. The summed E-state index contributed by atoms with van der Waals surface area (Å²) in [6.45, 7) is 17.1. The first-order valence-corrected chi connectivity index (χ1v) is 15.0. The van der Waals surface area contributed by atoms with Gasteiger partial charge in [0.15, 0.2) is 8.32 Å². The topological polar surface area (TPSA) is 86.1 Å². The fourth-order valence-electron chi connectivity index (χ4n) is 3.15. The van der Waals surface area contributed by atoms with E-state index < -0.39 is 19.9 Å². The van der Waals surface area contributed by atoms with E-state index in [0.29, 0.717) is 35.7 Å². The molecule has 0 saturated carbocycles. The van der Waals surface area contributed by atoms with Crippen LogP contribution in [0.5, 0.6) is 0 Å². The van der Waals surface area contributed by atoms with Crippen molar-refractivity contribution in [2.45, 2.75) is 71.9 Å². The number of rotatable bonds is 8. The molecule has 2 aromatic rings. The van der Waals surface area contributed by atoms with Crippen LogP contribution in [0.15, 0.2) is 35.7 Å². The first-order chi connectivity index (χ1) is 16.7. The van der Waals surface area contributed by atoms with Gasteiger partial charge in [0.25, 0.3) is 0 Å². The van der Waals surface area contributed by atoms with Crippen molar-refractivity contribution in [1.29, 1.82) is 0 Å². The molecule has 1 aromatic heterocycles. The van der Waals surface area contributed by atoms with Gasteiger partial charge in [0, 0.05) is 29.1 Å². The number of oxime groups is 1. The van der Waals surface area contributed by atoms with Crippen molar-refractivity contribution < 1.29 is 23.2 Å². The van der Waals surface area contributed by atoms with E-state index in [1.165, 1.54) is 0 Å². The summed E-state index contributed by atoms with van der Waals surface area (Å²) in [7, 11) is -1.99. The molecular formula is C26H37FN4O4Si. The van der Waals surface area contributed by atoms with Crippen LogP contribution in [0, 0.1) is 5.82 Å². The summed E-state index contributed by atoms with van der Waals surface area (Å²) in [5, 5.41) is 4.02. The molecule has 196 valence electrons. The molecule has 0 aliphatic carbocycles. The molecule has 0 radical (unpaired) electrons. The molecule has 1 aliphatic heterocycles. The number of halogens is 1. The van der Waals surface area contributed by atoms with Gasteiger partial charge in [-0.25, -0.2) is 19.2 Å². The molecule has 1 aliphatic rings. The third-order valence-corrected chi connectivity index (χ3v) is 10.7. The van der Waals surface area contributed by atoms with E-state index in [-0.39, 0.29) is 24.1 Å². The summed E-state index contributed by atoms with van der Waals surface area (Å²) >= 11 is 0. The predicted molar refractivity (Wildman–Crippen MR) is 141 cm³/mol. The molecule has 10 heteroatoms. The quantitative estimate of drug-likeness (QED) is 0.266. The van der Waals surface area contributed by atoms with Crippen molar-refractivity contribution in [1.82, 2.24) is 9.97 Å². The van der Waals surface area contributed by atoms with E-state index in [2.05, 4.69) is 49.0 Å². The van der Waals surface area contributed by atoms with Crippen LogP contribution in [0.4, 0.5) is 10.3 Å². The van der Waals surface area contributed by atoms with Crippen LogP contribution in [0.1, 0.15) is 47.1 Å². The molecule has 1 saturated heterocycles. The lowest BCUT2D eigenvalue weighted by atomic mass is 10.1. The molecule has 0 bridgehead atoms. The molecule has 0 spiro atoms. The number of esters is 1. The van der Waals surface area contributed by atoms with E-state index >= 15 is 4.39 Å². The van der Waals surface area contributed by atoms with Crippen LogP contribution in [-0.4, -0.2) is 55.3 Å². The Kier molecular flexibility index (Phi) is 8.19. The maximum Gasteiger partial charge on any atom is 0.347 e. The number of aromatic nitrogens is 2. The molecule has 2 heterocycles. The Hall–Kier alpha value is -2.85. The van der Waals surface area contributed by atoms with Crippen LogP contribution in [0.3, 0.4) is 0 Å². The van der Waals surface area contributed by atoms with Crippen LogP contribution in [0.25, 0.3) is 11.1 Å². The minimum atomic E-state index is -1.99. The summed E-state index contributed by atoms with van der Waals surface area (Å²) in [5.74, 6) is -0.263. The number of carbonyl (C=O) groups is 1. The van der Waals surface area contributed by atoms with E-state index in [9.17, 15) is 4.79 Å². The van der Waals surface area contributed by atoms with Gasteiger partial charge in [-0.3, -0.25) is 0 Å². The van der Waals surface area contributed by atoms with Crippen molar-refractivity contribution in [2.24, 2.45) is 5.16 Å². The Morgan fingerprint density at radius 2 is 1.75 bits per heavy atom. The van der Waals surface area contributed by atoms with Gasteiger partial charge in [-0.1, -0.05) is 44.1 Å². The fourth-order valence-corrected chi connectivity index (χ4v) is 4.10. The largest absolute Gasteiger partial charge is 0.457 e. The molecule has 0 unspecified atom stereocenters. The van der Waals surface area contributed by atoms with Gasteiger partial charge < -0.3 is 18.9 Å². The molecule has 0 N–H and O–H groups in total. The van der Waals surface area contributed by atoms with E-state index in [0.717, 1.165) is 5.71 Å². The first-order valence-electron chi connectivity index (χ1n) is 12.0. The Morgan fingerprint density at radius 1 is 1.11 bits per heavy atom. The van der Waals surface area contributed by atoms with Crippen molar-refractivity contribution in [2.75, 3.05) is 24.6 Å². The molecule has 1 fully saturated rings. The highest BCUT2D eigenvalue weighted by molar-refractivity contribution is 6.74. The maximum atomic E-state index is 15.3. The molecule has 1 aromatic carbocycles. The van der Waals surface area contributed by atoms with E-state index in [4.69, 9.17) is 14.0 Å².